The Balaban J connectivity index is 1.37. The van der Waals surface area contributed by atoms with Gasteiger partial charge in [0.1, 0.15) is 0 Å². The molecule has 160 valence electrons. The molecule has 0 saturated carbocycles. The first kappa shape index (κ1) is 20.8. The van der Waals surface area contributed by atoms with Gasteiger partial charge in [0, 0.05) is 16.6 Å². The molecule has 1 aliphatic rings. The number of aromatic nitrogens is 1. The third kappa shape index (κ3) is 4.85. The van der Waals surface area contributed by atoms with E-state index in [0.717, 1.165) is 35.7 Å². The van der Waals surface area contributed by atoms with Crippen molar-refractivity contribution in [2.24, 2.45) is 0 Å². The van der Waals surface area contributed by atoms with E-state index in [1.54, 1.807) is 6.07 Å². The summed E-state index contributed by atoms with van der Waals surface area (Å²) in [4.78, 5) is 40.2. The maximum absolute atomic E-state index is 12.5. The Bertz CT molecular complexity index is 1120. The summed E-state index contributed by atoms with van der Waals surface area (Å²) in [5.41, 5.74) is 4.91. The second kappa shape index (κ2) is 9.16. The van der Waals surface area contributed by atoms with Crippen molar-refractivity contribution in [3.05, 3.63) is 70.9 Å². The molecule has 1 amide bonds. The molecular formula is C25H26N2O4. The number of H-pyrrole nitrogens is 1. The number of hydrogen-bond donors (Lipinski definition) is 2. The zero-order chi connectivity index (χ0) is 21.8. The van der Waals surface area contributed by atoms with Gasteiger partial charge in [-0.1, -0.05) is 30.3 Å². The minimum absolute atomic E-state index is 0.147. The van der Waals surface area contributed by atoms with Crippen LogP contribution in [0.15, 0.2) is 48.5 Å². The number of aryl methyl sites for hydroxylation is 2. The number of esters is 1. The normalized spacial score (nSPS) is 14.0. The summed E-state index contributed by atoms with van der Waals surface area (Å²) < 4.78 is 5.22. The molecule has 0 spiro atoms. The van der Waals surface area contributed by atoms with Gasteiger partial charge in [-0.25, -0.2) is 4.79 Å². The summed E-state index contributed by atoms with van der Waals surface area (Å²) >= 11 is 0. The van der Waals surface area contributed by atoms with E-state index >= 15 is 0 Å². The largest absolute Gasteiger partial charge is 0.452 e. The molecule has 2 aromatic carbocycles. The number of Topliss-reactive ketones (excluding diaryl/α,β-unsaturated/α-hetero) is 1. The third-order valence-corrected chi connectivity index (χ3v) is 5.78. The number of nitrogens with one attached hydrogen (secondary N) is 2. The van der Waals surface area contributed by atoms with Crippen LogP contribution in [0.3, 0.4) is 0 Å². The molecule has 2 N–H and O–H groups in total. The number of carbonyl (C=O) groups is 3. The SMILES string of the molecule is CC(=O)C(Cc1ccccc1)NC(=O)COC(=O)c1ccc2[nH]c3c(c2c1)CCCC3. The molecule has 0 bridgehead atoms. The number of benzene rings is 2. The summed E-state index contributed by atoms with van der Waals surface area (Å²) in [6, 6.07) is 14.2. The fraction of sp³-hybridized carbons (Fsp3) is 0.320. The molecule has 1 aliphatic carbocycles. The van der Waals surface area contributed by atoms with Crippen LogP contribution in [-0.4, -0.2) is 35.3 Å². The van der Waals surface area contributed by atoms with E-state index < -0.39 is 24.5 Å². The summed E-state index contributed by atoms with van der Waals surface area (Å²) in [6.45, 7) is 1.01. The Kier molecular flexibility index (Phi) is 6.16. The maximum atomic E-state index is 12.5. The molecule has 0 saturated heterocycles. The molecule has 1 atom stereocenters. The standard InChI is InChI=1S/C25H26N2O4/c1-16(28)23(13-17-7-3-2-4-8-17)27-24(29)15-31-25(30)18-11-12-22-20(14-18)19-9-5-6-10-21(19)26-22/h2-4,7-8,11-12,14,23,26H,5-6,9-10,13,15H2,1H3,(H,27,29). The quantitative estimate of drug-likeness (QED) is 0.575. The number of fused-ring (bicyclic) bond motifs is 3. The number of aromatic amines is 1. The van der Waals surface area contributed by atoms with Gasteiger partial charge in [0.15, 0.2) is 12.4 Å². The Hall–Kier alpha value is -3.41. The van der Waals surface area contributed by atoms with Crippen LogP contribution >= 0.6 is 0 Å². The van der Waals surface area contributed by atoms with E-state index in [9.17, 15) is 14.4 Å². The lowest BCUT2D eigenvalue weighted by molar-refractivity contribution is -0.128. The number of ketones is 1. The summed E-state index contributed by atoms with van der Waals surface area (Å²) in [7, 11) is 0. The lowest BCUT2D eigenvalue weighted by Gasteiger charge is -2.16. The summed E-state index contributed by atoms with van der Waals surface area (Å²) in [6.07, 6.45) is 4.75. The Morgan fingerprint density at radius 3 is 2.61 bits per heavy atom. The molecule has 3 aromatic rings. The van der Waals surface area contributed by atoms with E-state index in [0.29, 0.717) is 12.0 Å². The fourth-order valence-electron chi connectivity index (χ4n) is 4.13. The molecule has 4 rings (SSSR count). The van der Waals surface area contributed by atoms with Crippen LogP contribution in [0.25, 0.3) is 10.9 Å². The van der Waals surface area contributed by atoms with Crippen molar-refractivity contribution >= 4 is 28.6 Å². The van der Waals surface area contributed by atoms with Gasteiger partial charge in [0.25, 0.3) is 5.91 Å². The molecule has 1 heterocycles. The van der Waals surface area contributed by atoms with Crippen molar-refractivity contribution in [2.45, 2.75) is 45.1 Å². The molecule has 1 aromatic heterocycles. The Morgan fingerprint density at radius 2 is 1.84 bits per heavy atom. The van der Waals surface area contributed by atoms with Crippen LogP contribution in [0.1, 0.15) is 46.9 Å². The minimum atomic E-state index is -0.656. The highest BCUT2D eigenvalue weighted by atomic mass is 16.5. The van der Waals surface area contributed by atoms with Gasteiger partial charge in [-0.05, 0) is 68.4 Å². The monoisotopic (exact) mass is 418 g/mol. The van der Waals surface area contributed by atoms with E-state index in [1.807, 2.05) is 42.5 Å². The second-order valence-electron chi connectivity index (χ2n) is 8.05. The third-order valence-electron chi connectivity index (χ3n) is 5.78. The van der Waals surface area contributed by atoms with Crippen LogP contribution in [-0.2, 0) is 33.6 Å². The Labute approximate surface area is 181 Å². The smallest absolute Gasteiger partial charge is 0.338 e. The predicted molar refractivity (Wildman–Crippen MR) is 118 cm³/mol. The van der Waals surface area contributed by atoms with Crippen molar-refractivity contribution < 1.29 is 19.1 Å². The average molecular weight is 418 g/mol. The van der Waals surface area contributed by atoms with Crippen molar-refractivity contribution in [1.29, 1.82) is 0 Å². The number of rotatable bonds is 7. The highest BCUT2D eigenvalue weighted by Crippen LogP contribution is 2.29. The molecular weight excluding hydrogens is 392 g/mol. The molecule has 6 nitrogen and oxygen atoms in total. The van der Waals surface area contributed by atoms with Crippen molar-refractivity contribution in [1.82, 2.24) is 10.3 Å². The molecule has 1 unspecified atom stereocenters. The van der Waals surface area contributed by atoms with Gasteiger partial charge in [-0.2, -0.15) is 0 Å². The Morgan fingerprint density at radius 1 is 1.06 bits per heavy atom. The minimum Gasteiger partial charge on any atom is -0.452 e. The summed E-state index contributed by atoms with van der Waals surface area (Å²) in [5.74, 6) is -1.19. The maximum Gasteiger partial charge on any atom is 0.338 e. The van der Waals surface area contributed by atoms with Crippen LogP contribution < -0.4 is 5.32 Å². The van der Waals surface area contributed by atoms with Gasteiger partial charge >= 0.3 is 5.97 Å². The van der Waals surface area contributed by atoms with E-state index in [4.69, 9.17) is 4.74 Å². The van der Waals surface area contributed by atoms with Crippen molar-refractivity contribution in [2.75, 3.05) is 6.61 Å². The number of amides is 1. The first-order valence-corrected chi connectivity index (χ1v) is 10.7. The molecule has 0 aliphatic heterocycles. The number of ether oxygens (including phenoxy) is 1. The lowest BCUT2D eigenvalue weighted by atomic mass is 9.95. The van der Waals surface area contributed by atoms with E-state index in [-0.39, 0.29) is 5.78 Å². The van der Waals surface area contributed by atoms with Crippen LogP contribution in [0.4, 0.5) is 0 Å². The molecule has 6 heteroatoms. The van der Waals surface area contributed by atoms with Crippen LogP contribution in [0, 0.1) is 0 Å². The predicted octanol–water partition coefficient (Wildman–Crippen LogP) is 3.52. The first-order valence-electron chi connectivity index (χ1n) is 10.7. The van der Waals surface area contributed by atoms with Gasteiger partial charge in [-0.15, -0.1) is 0 Å². The lowest BCUT2D eigenvalue weighted by Crippen LogP contribution is -2.43. The van der Waals surface area contributed by atoms with E-state index in [2.05, 4.69) is 10.3 Å². The number of hydrogen-bond acceptors (Lipinski definition) is 4. The van der Waals surface area contributed by atoms with E-state index in [1.165, 1.54) is 24.6 Å². The second-order valence-corrected chi connectivity index (χ2v) is 8.05. The fourth-order valence-corrected chi connectivity index (χ4v) is 4.13. The van der Waals surface area contributed by atoms with Crippen molar-refractivity contribution in [3.63, 3.8) is 0 Å². The van der Waals surface area contributed by atoms with Gasteiger partial charge < -0.3 is 15.0 Å². The zero-order valence-electron chi connectivity index (χ0n) is 17.6. The topological polar surface area (TPSA) is 88.3 Å². The highest BCUT2D eigenvalue weighted by molar-refractivity contribution is 5.97. The first-order chi connectivity index (χ1) is 15.0. The highest BCUT2D eigenvalue weighted by Gasteiger charge is 2.20. The van der Waals surface area contributed by atoms with Crippen LogP contribution in [0.2, 0.25) is 0 Å². The molecule has 31 heavy (non-hydrogen) atoms. The van der Waals surface area contributed by atoms with Crippen LogP contribution in [0.5, 0.6) is 0 Å². The van der Waals surface area contributed by atoms with Gasteiger partial charge in [0.05, 0.1) is 11.6 Å². The van der Waals surface area contributed by atoms with Gasteiger partial charge in [0.2, 0.25) is 0 Å². The van der Waals surface area contributed by atoms with Gasteiger partial charge in [-0.3, -0.25) is 9.59 Å². The molecule has 0 fully saturated rings. The zero-order valence-corrected chi connectivity index (χ0v) is 17.6. The van der Waals surface area contributed by atoms with Crippen molar-refractivity contribution in [3.8, 4) is 0 Å². The number of carbonyl (C=O) groups excluding carboxylic acids is 3. The molecule has 0 radical (unpaired) electrons. The summed E-state index contributed by atoms with van der Waals surface area (Å²) in [5, 5.41) is 3.72. The average Bonchev–Trinajstić information content (AvgIpc) is 3.15.